The topological polar surface area (TPSA) is 14.1 Å². The van der Waals surface area contributed by atoms with Gasteiger partial charge in [-0.3, -0.25) is 0 Å². The molecule has 0 unspecified atom stereocenters. The summed E-state index contributed by atoms with van der Waals surface area (Å²) in [7, 11) is 0. The first-order valence-electron chi connectivity index (χ1n) is 7.46. The van der Waals surface area contributed by atoms with Gasteiger partial charge in [0.2, 0.25) is 0 Å². The molecule has 0 amide bonds. The smallest absolute Gasteiger partial charge is 0.0300 e. The molecular formula is C16H32N. The van der Waals surface area contributed by atoms with E-state index in [1.54, 1.807) is 0 Å². The molecule has 0 aromatic heterocycles. The van der Waals surface area contributed by atoms with Gasteiger partial charge in [0.05, 0.1) is 0 Å². The van der Waals surface area contributed by atoms with E-state index in [1.807, 2.05) is 0 Å². The molecule has 0 aliphatic rings. The van der Waals surface area contributed by atoms with Crippen LogP contribution in [0.2, 0.25) is 0 Å². The van der Waals surface area contributed by atoms with Crippen LogP contribution in [0.4, 0.5) is 0 Å². The molecule has 0 aromatic carbocycles. The van der Waals surface area contributed by atoms with Crippen molar-refractivity contribution in [2.24, 2.45) is 0 Å². The predicted octanol–water partition coefficient (Wildman–Crippen LogP) is 5.09. The molecule has 0 saturated heterocycles. The fraction of sp³-hybridized carbons (Fsp3) is 0.875. The Balaban J connectivity index is 3.40. The van der Waals surface area contributed by atoms with Gasteiger partial charge < -0.3 is 0 Å². The summed E-state index contributed by atoms with van der Waals surface area (Å²) in [6.07, 6.45) is 14.9. The molecule has 0 bridgehead atoms. The lowest BCUT2D eigenvalue weighted by Gasteiger charge is -2.24. The van der Waals surface area contributed by atoms with Gasteiger partial charge in [0.1, 0.15) is 0 Å². The summed E-state index contributed by atoms with van der Waals surface area (Å²) in [5, 5.41) is 4.71. The maximum Gasteiger partial charge on any atom is 0.0300 e. The van der Waals surface area contributed by atoms with Crippen molar-refractivity contribution < 1.29 is 0 Å². The average Bonchev–Trinajstić information content (AvgIpc) is 2.30. The molecule has 101 valence electrons. The molecule has 0 saturated carbocycles. The van der Waals surface area contributed by atoms with Crippen molar-refractivity contribution >= 4 is 0 Å². The zero-order chi connectivity index (χ0) is 13.0. The van der Waals surface area contributed by atoms with E-state index < -0.39 is 0 Å². The Morgan fingerprint density at radius 1 is 0.882 bits per heavy atom. The third-order valence-corrected chi connectivity index (χ3v) is 3.06. The molecule has 0 aromatic rings. The Labute approximate surface area is 109 Å². The van der Waals surface area contributed by atoms with Gasteiger partial charge in [-0.15, -0.1) is 0 Å². The van der Waals surface area contributed by atoms with E-state index in [2.05, 4.69) is 39.8 Å². The molecule has 0 heterocycles. The van der Waals surface area contributed by atoms with Crippen molar-refractivity contribution in [3.8, 4) is 0 Å². The highest BCUT2D eigenvalue weighted by molar-refractivity contribution is 4.82. The van der Waals surface area contributed by atoms with Gasteiger partial charge in [0.25, 0.3) is 0 Å². The van der Waals surface area contributed by atoms with Crippen LogP contribution < -0.4 is 5.32 Å². The van der Waals surface area contributed by atoms with Gasteiger partial charge in [-0.05, 0) is 46.0 Å². The zero-order valence-electron chi connectivity index (χ0n) is 12.5. The largest absolute Gasteiger partial charge is 0.236 e. The zero-order valence-corrected chi connectivity index (χ0v) is 12.5. The normalized spacial score (nSPS) is 12.5. The minimum absolute atomic E-state index is 0.196. The molecule has 0 rings (SSSR count). The van der Waals surface area contributed by atoms with Crippen LogP contribution in [0, 0.1) is 0 Å². The van der Waals surface area contributed by atoms with Gasteiger partial charge in [-0.2, -0.15) is 0 Å². The average molecular weight is 238 g/mol. The number of nitrogens with zero attached hydrogens (tertiary/aromatic N) is 1. The molecule has 1 heteroatoms. The monoisotopic (exact) mass is 238 g/mol. The van der Waals surface area contributed by atoms with Crippen molar-refractivity contribution in [3.05, 3.63) is 12.2 Å². The van der Waals surface area contributed by atoms with Crippen LogP contribution >= 0.6 is 0 Å². The standard InChI is InChI=1S/C16H32N/c1-5-7-8-9-10-11-12-13-14-16(3,4)17-15-6-2/h9-10H,5-8,11-15H2,1-4H3. The number of hydrogen-bond donors (Lipinski definition) is 0. The fourth-order valence-electron chi connectivity index (χ4n) is 1.87. The van der Waals surface area contributed by atoms with E-state index in [4.69, 9.17) is 5.32 Å². The van der Waals surface area contributed by atoms with Gasteiger partial charge in [0.15, 0.2) is 0 Å². The van der Waals surface area contributed by atoms with E-state index in [0.717, 1.165) is 6.54 Å². The SMILES string of the molecule is CCCCC=CCCCCC(C)(C)[N]CCC. The minimum atomic E-state index is 0.196. The second-order valence-electron chi connectivity index (χ2n) is 5.55. The molecule has 0 fully saturated rings. The molecule has 1 nitrogen and oxygen atoms in total. The Hall–Kier alpha value is -0.300. The minimum Gasteiger partial charge on any atom is -0.236 e. The van der Waals surface area contributed by atoms with Gasteiger partial charge >= 0.3 is 0 Å². The van der Waals surface area contributed by atoms with E-state index in [-0.39, 0.29) is 5.54 Å². The first-order chi connectivity index (χ1) is 8.12. The molecule has 0 N–H and O–H groups in total. The number of unbranched alkanes of at least 4 members (excludes halogenated alkanes) is 4. The molecule has 0 aliphatic heterocycles. The Morgan fingerprint density at radius 2 is 1.53 bits per heavy atom. The van der Waals surface area contributed by atoms with Gasteiger partial charge in [0, 0.05) is 12.1 Å². The maximum atomic E-state index is 4.71. The highest BCUT2D eigenvalue weighted by atomic mass is 14.9. The van der Waals surface area contributed by atoms with Crippen molar-refractivity contribution in [3.63, 3.8) is 0 Å². The third-order valence-electron chi connectivity index (χ3n) is 3.06. The highest BCUT2D eigenvalue weighted by Crippen LogP contribution is 2.15. The van der Waals surface area contributed by atoms with Crippen LogP contribution in [0.5, 0.6) is 0 Å². The molecule has 1 radical (unpaired) electrons. The summed E-state index contributed by atoms with van der Waals surface area (Å²) in [4.78, 5) is 0. The second kappa shape index (κ2) is 10.8. The summed E-state index contributed by atoms with van der Waals surface area (Å²) < 4.78 is 0. The van der Waals surface area contributed by atoms with Crippen LogP contribution in [-0.2, 0) is 0 Å². The van der Waals surface area contributed by atoms with Crippen LogP contribution in [0.3, 0.4) is 0 Å². The lowest BCUT2D eigenvalue weighted by Crippen LogP contribution is -2.33. The van der Waals surface area contributed by atoms with Crippen molar-refractivity contribution in [2.75, 3.05) is 6.54 Å². The first kappa shape index (κ1) is 16.7. The van der Waals surface area contributed by atoms with E-state index in [0.29, 0.717) is 0 Å². The van der Waals surface area contributed by atoms with Gasteiger partial charge in [-0.25, -0.2) is 5.32 Å². The lowest BCUT2D eigenvalue weighted by molar-refractivity contribution is 0.343. The molecule has 0 atom stereocenters. The quantitative estimate of drug-likeness (QED) is 0.352. The van der Waals surface area contributed by atoms with Crippen LogP contribution in [0.15, 0.2) is 12.2 Å². The molecule has 0 spiro atoms. The Bertz CT molecular complexity index is 182. The summed E-state index contributed by atoms with van der Waals surface area (Å²) in [5.74, 6) is 0. The summed E-state index contributed by atoms with van der Waals surface area (Å²) in [6, 6.07) is 0. The fourth-order valence-corrected chi connectivity index (χ4v) is 1.87. The molecule has 17 heavy (non-hydrogen) atoms. The Kier molecular flexibility index (Phi) is 10.6. The Morgan fingerprint density at radius 3 is 2.12 bits per heavy atom. The van der Waals surface area contributed by atoms with Crippen LogP contribution in [0.1, 0.15) is 79.1 Å². The maximum absolute atomic E-state index is 4.71. The predicted molar refractivity (Wildman–Crippen MR) is 78.5 cm³/mol. The van der Waals surface area contributed by atoms with Gasteiger partial charge in [-0.1, -0.05) is 45.3 Å². The number of allylic oxidation sites excluding steroid dienone is 2. The lowest BCUT2D eigenvalue weighted by atomic mass is 9.96. The van der Waals surface area contributed by atoms with Crippen molar-refractivity contribution in [1.82, 2.24) is 5.32 Å². The van der Waals surface area contributed by atoms with Crippen molar-refractivity contribution in [2.45, 2.75) is 84.6 Å². The van der Waals surface area contributed by atoms with Crippen molar-refractivity contribution in [1.29, 1.82) is 0 Å². The number of rotatable bonds is 11. The third kappa shape index (κ3) is 12.0. The van der Waals surface area contributed by atoms with E-state index in [9.17, 15) is 0 Å². The summed E-state index contributed by atoms with van der Waals surface area (Å²) in [5.41, 5.74) is 0.196. The van der Waals surface area contributed by atoms with Crippen LogP contribution in [-0.4, -0.2) is 12.1 Å². The van der Waals surface area contributed by atoms with Crippen LogP contribution in [0.25, 0.3) is 0 Å². The summed E-state index contributed by atoms with van der Waals surface area (Å²) >= 11 is 0. The molecule has 0 aliphatic carbocycles. The molecular weight excluding hydrogens is 206 g/mol. The second-order valence-corrected chi connectivity index (χ2v) is 5.55. The number of hydrogen-bond acceptors (Lipinski definition) is 0. The highest BCUT2D eigenvalue weighted by Gasteiger charge is 2.16. The van der Waals surface area contributed by atoms with E-state index in [1.165, 1.54) is 51.4 Å². The first-order valence-corrected chi connectivity index (χ1v) is 7.46. The van der Waals surface area contributed by atoms with E-state index >= 15 is 0 Å². The summed E-state index contributed by atoms with van der Waals surface area (Å²) in [6.45, 7) is 9.99.